The highest BCUT2D eigenvalue weighted by atomic mass is 16.3. The Morgan fingerprint density at radius 1 is 1.10 bits per heavy atom. The number of benzene rings is 1. The van der Waals surface area contributed by atoms with Crippen LogP contribution in [0.1, 0.15) is 39.4 Å². The molecule has 152 valence electrons. The second-order valence-corrected chi connectivity index (χ2v) is 6.85. The quantitative estimate of drug-likeness (QED) is 0.439. The first-order valence-corrected chi connectivity index (χ1v) is 9.67. The van der Waals surface area contributed by atoms with Crippen molar-refractivity contribution < 1.29 is 14.0 Å². The maximum Gasteiger partial charge on any atom is 0.271 e. The molecule has 0 radical (unpaired) electrons. The molecule has 4 aromatic rings. The third-order valence-electron chi connectivity index (χ3n) is 4.76. The summed E-state index contributed by atoms with van der Waals surface area (Å²) in [6.45, 7) is 0.524. The number of imidazole rings is 1. The first-order valence-electron chi connectivity index (χ1n) is 9.67. The maximum atomic E-state index is 12.7. The Balaban J connectivity index is 1.49. The van der Waals surface area contributed by atoms with Crippen LogP contribution in [-0.2, 0) is 6.42 Å². The molecule has 0 bridgehead atoms. The lowest BCUT2D eigenvalue weighted by Gasteiger charge is -2.08. The first kappa shape index (κ1) is 19.4. The summed E-state index contributed by atoms with van der Waals surface area (Å²) in [7, 11) is 0. The van der Waals surface area contributed by atoms with Crippen molar-refractivity contribution in [2.45, 2.75) is 19.3 Å². The monoisotopic (exact) mass is 403 g/mol. The van der Waals surface area contributed by atoms with E-state index in [2.05, 4.69) is 27.4 Å². The molecule has 3 aromatic heterocycles. The summed E-state index contributed by atoms with van der Waals surface area (Å²) in [6, 6.07) is 15.3. The van der Waals surface area contributed by atoms with Gasteiger partial charge in [-0.3, -0.25) is 14.0 Å². The lowest BCUT2D eigenvalue weighted by molar-refractivity contribution is 0.0946. The molecule has 1 aromatic carbocycles. The molecule has 8 heteroatoms. The van der Waals surface area contributed by atoms with Gasteiger partial charge in [-0.15, -0.1) is 0 Å². The molecule has 4 rings (SSSR count). The van der Waals surface area contributed by atoms with Gasteiger partial charge >= 0.3 is 0 Å². The molecule has 0 saturated carbocycles. The van der Waals surface area contributed by atoms with Gasteiger partial charge in [-0.05, 0) is 43.0 Å². The third-order valence-corrected chi connectivity index (χ3v) is 4.76. The molecule has 3 heterocycles. The van der Waals surface area contributed by atoms with E-state index in [1.807, 2.05) is 18.2 Å². The summed E-state index contributed by atoms with van der Waals surface area (Å²) in [6.07, 6.45) is 5.73. The summed E-state index contributed by atoms with van der Waals surface area (Å²) >= 11 is 0. The third kappa shape index (κ3) is 4.07. The van der Waals surface area contributed by atoms with E-state index in [1.54, 1.807) is 22.6 Å². The van der Waals surface area contributed by atoms with E-state index in [1.165, 1.54) is 18.2 Å². The van der Waals surface area contributed by atoms with E-state index in [0.717, 1.165) is 19.3 Å². The van der Waals surface area contributed by atoms with Crippen molar-refractivity contribution in [1.82, 2.24) is 19.7 Å². The molecule has 2 amide bonds. The van der Waals surface area contributed by atoms with Gasteiger partial charge in [-0.1, -0.05) is 30.3 Å². The largest absolute Gasteiger partial charge is 0.463 e. The van der Waals surface area contributed by atoms with E-state index in [9.17, 15) is 9.59 Å². The number of hydrogen-bond donors (Lipinski definition) is 2. The molecule has 0 fully saturated rings. The molecule has 8 nitrogen and oxygen atoms in total. The van der Waals surface area contributed by atoms with Crippen molar-refractivity contribution in [2.75, 3.05) is 6.54 Å². The van der Waals surface area contributed by atoms with Gasteiger partial charge in [0.1, 0.15) is 12.0 Å². The molecule has 0 atom stereocenters. The van der Waals surface area contributed by atoms with Crippen LogP contribution in [0.15, 0.2) is 65.5 Å². The summed E-state index contributed by atoms with van der Waals surface area (Å²) < 4.78 is 7.04. The van der Waals surface area contributed by atoms with Crippen LogP contribution in [0.2, 0.25) is 0 Å². The fourth-order valence-electron chi connectivity index (χ4n) is 3.27. The van der Waals surface area contributed by atoms with E-state index in [4.69, 9.17) is 10.2 Å². The fraction of sp³-hybridized carbons (Fsp3) is 0.182. The Morgan fingerprint density at radius 2 is 1.93 bits per heavy atom. The minimum atomic E-state index is -0.714. The summed E-state index contributed by atoms with van der Waals surface area (Å²) in [4.78, 5) is 32.7. The molecular formula is C22H21N5O3. The fourth-order valence-corrected chi connectivity index (χ4v) is 3.27. The predicted octanol–water partition coefficient (Wildman–Crippen LogP) is 2.84. The lowest BCUT2D eigenvalue weighted by Crippen LogP contribution is -2.26. The second-order valence-electron chi connectivity index (χ2n) is 6.85. The van der Waals surface area contributed by atoms with Crippen LogP contribution >= 0.6 is 0 Å². The van der Waals surface area contributed by atoms with Crippen LogP contribution in [0.5, 0.6) is 0 Å². The van der Waals surface area contributed by atoms with Crippen LogP contribution in [-0.4, -0.2) is 32.7 Å². The average molecular weight is 403 g/mol. The van der Waals surface area contributed by atoms with Crippen molar-refractivity contribution in [3.05, 3.63) is 78.1 Å². The van der Waals surface area contributed by atoms with E-state index in [0.29, 0.717) is 18.0 Å². The number of carbonyl (C=O) groups is 2. The zero-order valence-electron chi connectivity index (χ0n) is 16.2. The summed E-state index contributed by atoms with van der Waals surface area (Å²) in [5.41, 5.74) is 7.61. The topological polar surface area (TPSA) is 116 Å². The molecule has 3 N–H and O–H groups in total. The van der Waals surface area contributed by atoms with Crippen molar-refractivity contribution in [3.63, 3.8) is 0 Å². The molecule has 30 heavy (non-hydrogen) atoms. The number of nitrogens with two attached hydrogens (primary N) is 1. The van der Waals surface area contributed by atoms with Gasteiger partial charge < -0.3 is 15.5 Å². The standard InChI is InChI=1S/C22H21N5O3/c23-20(28)19-21-26-16(13-17(27(21)14-25-19)18-10-6-12-30-18)22(29)24-11-5-4-9-15-7-2-1-3-8-15/h1-3,6-8,10,12-14H,4-5,9,11H2,(H2,23,28)(H,24,29). The van der Waals surface area contributed by atoms with Gasteiger partial charge in [-0.25, -0.2) is 9.97 Å². The van der Waals surface area contributed by atoms with Crippen LogP contribution in [0.25, 0.3) is 17.1 Å². The van der Waals surface area contributed by atoms with Gasteiger partial charge in [0.2, 0.25) is 0 Å². The number of unbranched alkanes of at least 4 members (excludes halogenated alkanes) is 1. The van der Waals surface area contributed by atoms with Crippen LogP contribution in [0.4, 0.5) is 0 Å². The normalized spacial score (nSPS) is 10.9. The van der Waals surface area contributed by atoms with Gasteiger partial charge in [0.05, 0.1) is 12.0 Å². The van der Waals surface area contributed by atoms with Crippen LogP contribution < -0.4 is 11.1 Å². The number of fused-ring (bicyclic) bond motifs is 1. The number of primary amides is 1. The molecular weight excluding hydrogens is 382 g/mol. The number of aromatic nitrogens is 3. The van der Waals surface area contributed by atoms with Gasteiger partial charge in [-0.2, -0.15) is 0 Å². The molecule has 0 saturated heterocycles. The Bertz CT molecular complexity index is 1170. The highest BCUT2D eigenvalue weighted by Gasteiger charge is 2.19. The zero-order chi connectivity index (χ0) is 20.9. The number of hydrogen-bond acceptors (Lipinski definition) is 5. The Hall–Kier alpha value is -3.94. The number of rotatable bonds is 8. The van der Waals surface area contributed by atoms with Crippen molar-refractivity contribution in [2.24, 2.45) is 5.73 Å². The highest BCUT2D eigenvalue weighted by molar-refractivity contribution is 5.99. The molecule has 0 aliphatic carbocycles. The summed E-state index contributed by atoms with van der Waals surface area (Å²) in [5, 5.41) is 2.89. The van der Waals surface area contributed by atoms with Crippen LogP contribution in [0, 0.1) is 0 Å². The first-order chi connectivity index (χ1) is 14.6. The molecule has 0 spiro atoms. The number of furan rings is 1. The van der Waals surface area contributed by atoms with E-state index < -0.39 is 5.91 Å². The average Bonchev–Trinajstić information content (AvgIpc) is 3.43. The molecule has 0 aliphatic rings. The number of nitrogens with one attached hydrogen (secondary N) is 1. The maximum absolute atomic E-state index is 12.7. The van der Waals surface area contributed by atoms with Crippen molar-refractivity contribution in [3.8, 4) is 11.5 Å². The number of aryl methyl sites for hydroxylation is 1. The Kier molecular flexibility index (Phi) is 5.56. The number of carbonyl (C=O) groups excluding carboxylic acids is 2. The number of nitrogens with zero attached hydrogens (tertiary/aromatic N) is 3. The van der Waals surface area contributed by atoms with Crippen LogP contribution in [0.3, 0.4) is 0 Å². The Labute approximate surface area is 172 Å². The second kappa shape index (κ2) is 8.60. The SMILES string of the molecule is NC(=O)c1ncn2c(-c3ccco3)cc(C(=O)NCCCCc3ccccc3)nc12. The molecule has 0 unspecified atom stereocenters. The van der Waals surface area contributed by atoms with Gasteiger partial charge in [0, 0.05) is 6.54 Å². The van der Waals surface area contributed by atoms with Crippen molar-refractivity contribution in [1.29, 1.82) is 0 Å². The number of amides is 2. The minimum Gasteiger partial charge on any atom is -0.463 e. The highest BCUT2D eigenvalue weighted by Crippen LogP contribution is 2.23. The van der Waals surface area contributed by atoms with Crippen molar-refractivity contribution >= 4 is 17.5 Å². The Morgan fingerprint density at radius 3 is 2.67 bits per heavy atom. The zero-order valence-corrected chi connectivity index (χ0v) is 16.2. The van der Waals surface area contributed by atoms with Gasteiger partial charge in [0.25, 0.3) is 11.8 Å². The minimum absolute atomic E-state index is 0.000294. The lowest BCUT2D eigenvalue weighted by atomic mass is 10.1. The smallest absolute Gasteiger partial charge is 0.271 e. The summed E-state index contributed by atoms with van der Waals surface area (Å²) in [5.74, 6) is -0.525. The molecule has 0 aliphatic heterocycles. The van der Waals surface area contributed by atoms with E-state index >= 15 is 0 Å². The predicted molar refractivity (Wildman–Crippen MR) is 111 cm³/mol. The van der Waals surface area contributed by atoms with Gasteiger partial charge in [0.15, 0.2) is 17.1 Å². The van der Waals surface area contributed by atoms with E-state index in [-0.39, 0.29) is 22.9 Å².